The lowest BCUT2D eigenvalue weighted by Crippen LogP contribution is -2.50. The maximum Gasteiger partial charge on any atom is 0.409 e. The number of benzene rings is 2. The smallest absolute Gasteiger partial charge is 0.409 e. The maximum atomic E-state index is 13.2. The van der Waals surface area contributed by atoms with E-state index in [0.29, 0.717) is 60.6 Å². The topological polar surface area (TPSA) is 75.9 Å². The van der Waals surface area contributed by atoms with Gasteiger partial charge in [0.15, 0.2) is 5.76 Å². The normalized spacial score (nSPS) is 13.9. The van der Waals surface area contributed by atoms with Crippen molar-refractivity contribution in [3.8, 4) is 22.8 Å². The van der Waals surface area contributed by atoms with Gasteiger partial charge in [0.2, 0.25) is 5.89 Å². The fourth-order valence-electron chi connectivity index (χ4n) is 3.48. The van der Waals surface area contributed by atoms with Gasteiger partial charge in [-0.1, -0.05) is 23.7 Å². The number of carbonyl (C=O) groups excluding carboxylic acids is 2. The van der Waals surface area contributed by atoms with Gasteiger partial charge in [0.1, 0.15) is 0 Å². The van der Waals surface area contributed by atoms with Crippen LogP contribution in [0.4, 0.5) is 4.79 Å². The zero-order valence-electron chi connectivity index (χ0n) is 17.1. The number of amides is 2. The second-order valence-electron chi connectivity index (χ2n) is 7.06. The lowest BCUT2D eigenvalue weighted by Gasteiger charge is -2.34. The first-order chi connectivity index (χ1) is 15.1. The average molecular weight is 440 g/mol. The van der Waals surface area contributed by atoms with E-state index in [1.165, 1.54) is 0 Å². The molecule has 0 unspecified atom stereocenters. The molecular formula is C23H22ClN3O4. The lowest BCUT2D eigenvalue weighted by molar-refractivity contribution is 0.0571. The number of hydrogen-bond acceptors (Lipinski definition) is 5. The highest BCUT2D eigenvalue weighted by Gasteiger charge is 2.27. The van der Waals surface area contributed by atoms with Gasteiger partial charge in [-0.15, -0.1) is 0 Å². The zero-order valence-corrected chi connectivity index (χ0v) is 17.8. The van der Waals surface area contributed by atoms with Crippen LogP contribution in [0.3, 0.4) is 0 Å². The molecule has 2 heterocycles. The summed E-state index contributed by atoms with van der Waals surface area (Å²) < 4.78 is 11.0. The third-order valence-corrected chi connectivity index (χ3v) is 5.37. The Labute approximate surface area is 185 Å². The molecule has 1 aliphatic heterocycles. The molecule has 8 heteroatoms. The van der Waals surface area contributed by atoms with Crippen molar-refractivity contribution in [1.82, 2.24) is 14.8 Å². The van der Waals surface area contributed by atoms with Gasteiger partial charge in [0, 0.05) is 42.3 Å². The summed E-state index contributed by atoms with van der Waals surface area (Å²) in [5.41, 5.74) is 1.99. The molecule has 0 N–H and O–H groups in total. The fraction of sp³-hybridized carbons (Fsp3) is 0.261. The summed E-state index contributed by atoms with van der Waals surface area (Å²) in [6.45, 7) is 3.86. The van der Waals surface area contributed by atoms with Gasteiger partial charge >= 0.3 is 6.09 Å². The van der Waals surface area contributed by atoms with Gasteiger partial charge in [0.25, 0.3) is 5.91 Å². The van der Waals surface area contributed by atoms with Crippen LogP contribution in [0.25, 0.3) is 22.8 Å². The molecule has 0 atom stereocenters. The Bertz CT molecular complexity index is 1070. The van der Waals surface area contributed by atoms with Gasteiger partial charge < -0.3 is 19.0 Å². The molecule has 3 aromatic rings. The molecule has 1 saturated heterocycles. The summed E-state index contributed by atoms with van der Waals surface area (Å²) in [7, 11) is 0. The minimum Gasteiger partial charge on any atom is -0.450 e. The molecular weight excluding hydrogens is 418 g/mol. The second-order valence-corrected chi connectivity index (χ2v) is 7.50. The number of oxazole rings is 1. The Balaban J connectivity index is 1.52. The van der Waals surface area contributed by atoms with Crippen molar-refractivity contribution >= 4 is 23.6 Å². The second kappa shape index (κ2) is 9.22. The van der Waals surface area contributed by atoms with E-state index in [4.69, 9.17) is 20.8 Å². The first kappa shape index (κ1) is 20.9. The van der Waals surface area contributed by atoms with E-state index >= 15 is 0 Å². The van der Waals surface area contributed by atoms with Crippen molar-refractivity contribution in [2.24, 2.45) is 0 Å². The van der Waals surface area contributed by atoms with Crippen LogP contribution in [0, 0.1) is 0 Å². The molecule has 7 nitrogen and oxygen atoms in total. The SMILES string of the molecule is CCOC(=O)N1CCN(C(=O)c2ccccc2-c2ncc(-c3ccc(Cl)cc3)o2)CC1. The molecule has 0 aliphatic carbocycles. The predicted molar refractivity (Wildman–Crippen MR) is 117 cm³/mol. The Hall–Kier alpha value is -3.32. The van der Waals surface area contributed by atoms with Crippen LogP contribution in [0.2, 0.25) is 5.02 Å². The van der Waals surface area contributed by atoms with Crippen LogP contribution < -0.4 is 0 Å². The summed E-state index contributed by atoms with van der Waals surface area (Å²) in [6, 6.07) is 14.5. The van der Waals surface area contributed by atoms with Gasteiger partial charge in [-0.05, 0) is 43.3 Å². The van der Waals surface area contributed by atoms with Crippen molar-refractivity contribution in [1.29, 1.82) is 0 Å². The predicted octanol–water partition coefficient (Wildman–Crippen LogP) is 4.58. The Morgan fingerprint density at radius 3 is 2.42 bits per heavy atom. The zero-order chi connectivity index (χ0) is 21.8. The Morgan fingerprint density at radius 1 is 1.03 bits per heavy atom. The largest absolute Gasteiger partial charge is 0.450 e. The van der Waals surface area contributed by atoms with E-state index in [9.17, 15) is 9.59 Å². The van der Waals surface area contributed by atoms with E-state index in [-0.39, 0.29) is 12.0 Å². The standard InChI is InChI=1S/C23H22ClN3O4/c1-2-30-23(29)27-13-11-26(12-14-27)22(28)19-6-4-3-5-18(19)21-25-15-20(31-21)16-7-9-17(24)10-8-16/h3-10,15H,2,11-14H2,1H3. The monoisotopic (exact) mass is 439 g/mol. The van der Waals surface area contributed by atoms with Crippen LogP contribution in [0.15, 0.2) is 59.1 Å². The average Bonchev–Trinajstić information content (AvgIpc) is 3.29. The van der Waals surface area contributed by atoms with Crippen molar-refractivity contribution in [3.63, 3.8) is 0 Å². The summed E-state index contributed by atoms with van der Waals surface area (Å²) in [6.07, 6.45) is 1.29. The van der Waals surface area contributed by atoms with E-state index in [1.807, 2.05) is 30.3 Å². The Morgan fingerprint density at radius 2 is 1.71 bits per heavy atom. The first-order valence-electron chi connectivity index (χ1n) is 10.1. The Kier molecular flexibility index (Phi) is 6.23. The van der Waals surface area contributed by atoms with E-state index in [2.05, 4.69) is 4.98 Å². The molecule has 0 radical (unpaired) electrons. The summed E-state index contributed by atoms with van der Waals surface area (Å²) >= 11 is 5.95. The number of nitrogens with zero attached hydrogens (tertiary/aromatic N) is 3. The van der Waals surface area contributed by atoms with Crippen LogP contribution >= 0.6 is 11.6 Å². The van der Waals surface area contributed by atoms with E-state index in [1.54, 1.807) is 41.1 Å². The molecule has 0 spiro atoms. The molecule has 160 valence electrons. The van der Waals surface area contributed by atoms with Crippen LogP contribution in [-0.4, -0.2) is 59.6 Å². The lowest BCUT2D eigenvalue weighted by atomic mass is 10.1. The van der Waals surface area contributed by atoms with E-state index < -0.39 is 0 Å². The molecule has 4 rings (SSSR count). The minimum absolute atomic E-state index is 0.120. The quantitative estimate of drug-likeness (QED) is 0.595. The maximum absolute atomic E-state index is 13.2. The van der Waals surface area contributed by atoms with Gasteiger partial charge in [-0.25, -0.2) is 9.78 Å². The minimum atomic E-state index is -0.343. The molecule has 0 saturated carbocycles. The van der Waals surface area contributed by atoms with Gasteiger partial charge in [0.05, 0.1) is 18.4 Å². The highest BCUT2D eigenvalue weighted by Crippen LogP contribution is 2.29. The number of carbonyl (C=O) groups is 2. The van der Waals surface area contributed by atoms with E-state index in [0.717, 1.165) is 5.56 Å². The van der Waals surface area contributed by atoms with Gasteiger partial charge in [-0.2, -0.15) is 0 Å². The summed E-state index contributed by atoms with van der Waals surface area (Å²) in [4.78, 5) is 32.9. The number of halogens is 1. The number of rotatable bonds is 4. The number of hydrogen-bond donors (Lipinski definition) is 0. The summed E-state index contributed by atoms with van der Waals surface area (Å²) in [5.74, 6) is 0.849. The molecule has 2 aromatic carbocycles. The number of ether oxygens (including phenoxy) is 1. The first-order valence-corrected chi connectivity index (χ1v) is 10.5. The molecule has 0 bridgehead atoms. The number of piperazine rings is 1. The highest BCUT2D eigenvalue weighted by atomic mass is 35.5. The number of aromatic nitrogens is 1. The van der Waals surface area contributed by atoms with Crippen molar-refractivity contribution in [3.05, 3.63) is 65.3 Å². The van der Waals surface area contributed by atoms with Crippen LogP contribution in [0.1, 0.15) is 17.3 Å². The molecule has 1 aliphatic rings. The highest BCUT2D eigenvalue weighted by molar-refractivity contribution is 6.30. The third kappa shape index (κ3) is 4.56. The molecule has 1 fully saturated rings. The molecule has 2 amide bonds. The van der Waals surface area contributed by atoms with Crippen LogP contribution in [0.5, 0.6) is 0 Å². The van der Waals surface area contributed by atoms with Crippen molar-refractivity contribution in [2.45, 2.75) is 6.92 Å². The van der Waals surface area contributed by atoms with Crippen molar-refractivity contribution in [2.75, 3.05) is 32.8 Å². The van der Waals surface area contributed by atoms with Gasteiger partial charge in [-0.3, -0.25) is 4.79 Å². The van der Waals surface area contributed by atoms with Crippen LogP contribution in [-0.2, 0) is 4.74 Å². The van der Waals surface area contributed by atoms with Crippen molar-refractivity contribution < 1.29 is 18.7 Å². The fourth-order valence-corrected chi connectivity index (χ4v) is 3.61. The molecule has 1 aromatic heterocycles. The summed E-state index contributed by atoms with van der Waals surface area (Å²) in [5, 5.41) is 0.641. The molecule has 31 heavy (non-hydrogen) atoms. The third-order valence-electron chi connectivity index (χ3n) is 5.12.